The van der Waals surface area contributed by atoms with E-state index in [9.17, 15) is 14.4 Å². The van der Waals surface area contributed by atoms with Crippen molar-refractivity contribution in [2.45, 2.75) is 13.3 Å². The zero-order chi connectivity index (χ0) is 14.1. The summed E-state index contributed by atoms with van der Waals surface area (Å²) in [5.41, 5.74) is 4.95. The largest absolute Gasteiger partial charge is 0.480 e. The Balaban J connectivity index is 4.74. The van der Waals surface area contributed by atoms with Gasteiger partial charge in [-0.2, -0.15) is 5.26 Å². The molecule has 0 aromatic rings. The molecule has 18 heavy (non-hydrogen) atoms. The monoisotopic (exact) mass is 256 g/mol. The molecule has 0 heterocycles. The number of carboxylic acids is 1. The predicted octanol–water partition coefficient (Wildman–Crippen LogP) is -0.786. The van der Waals surface area contributed by atoms with E-state index in [1.54, 1.807) is 6.92 Å². The van der Waals surface area contributed by atoms with E-state index in [4.69, 9.17) is 16.1 Å². The van der Waals surface area contributed by atoms with Gasteiger partial charge in [0.1, 0.15) is 13.1 Å². The molecule has 0 saturated heterocycles. The van der Waals surface area contributed by atoms with Crippen LogP contribution in [0.15, 0.2) is 0 Å². The Morgan fingerprint density at radius 1 is 1.28 bits per heavy atom. The summed E-state index contributed by atoms with van der Waals surface area (Å²) in [7, 11) is 0. The molecule has 0 bridgehead atoms. The van der Waals surface area contributed by atoms with Gasteiger partial charge in [0.15, 0.2) is 0 Å². The number of urea groups is 1. The van der Waals surface area contributed by atoms with E-state index >= 15 is 0 Å². The molecule has 3 N–H and O–H groups in total. The Labute approximate surface area is 105 Å². The summed E-state index contributed by atoms with van der Waals surface area (Å²) in [4.78, 5) is 35.4. The number of hydrogen-bond acceptors (Lipinski definition) is 4. The van der Waals surface area contributed by atoms with Gasteiger partial charge in [-0.25, -0.2) is 4.79 Å². The van der Waals surface area contributed by atoms with Crippen LogP contribution < -0.4 is 5.73 Å². The highest BCUT2D eigenvalue weighted by atomic mass is 16.4. The summed E-state index contributed by atoms with van der Waals surface area (Å²) in [5, 5.41) is 17.1. The van der Waals surface area contributed by atoms with Gasteiger partial charge in [0.2, 0.25) is 5.91 Å². The Kier molecular flexibility index (Phi) is 6.88. The van der Waals surface area contributed by atoms with Crippen molar-refractivity contribution in [3.8, 4) is 6.07 Å². The number of carbonyl (C=O) groups is 3. The molecule has 0 aliphatic rings. The molecule has 3 amide bonds. The lowest BCUT2D eigenvalue weighted by Crippen LogP contribution is -2.48. The fourth-order valence-corrected chi connectivity index (χ4v) is 1.32. The van der Waals surface area contributed by atoms with Crippen LogP contribution in [-0.4, -0.2) is 59.0 Å². The van der Waals surface area contributed by atoms with Gasteiger partial charge in [-0.05, 0) is 6.92 Å². The van der Waals surface area contributed by atoms with Crippen LogP contribution in [0.25, 0.3) is 0 Å². The van der Waals surface area contributed by atoms with Gasteiger partial charge in [0.05, 0.1) is 12.5 Å². The smallest absolute Gasteiger partial charge is 0.323 e. The van der Waals surface area contributed by atoms with E-state index in [1.807, 2.05) is 6.07 Å². The lowest BCUT2D eigenvalue weighted by Gasteiger charge is -2.27. The van der Waals surface area contributed by atoms with Crippen LogP contribution in [0.3, 0.4) is 0 Å². The third-order valence-electron chi connectivity index (χ3n) is 2.09. The summed E-state index contributed by atoms with van der Waals surface area (Å²) in [6.45, 7) is 1.12. The fraction of sp³-hybridized carbons (Fsp3) is 0.600. The van der Waals surface area contributed by atoms with Crippen LogP contribution in [-0.2, 0) is 9.59 Å². The Hall–Kier alpha value is -2.30. The molecule has 0 fully saturated rings. The normalized spacial score (nSPS) is 9.33. The van der Waals surface area contributed by atoms with Crippen molar-refractivity contribution in [3.63, 3.8) is 0 Å². The molecule has 100 valence electrons. The molecule has 0 radical (unpaired) electrons. The Morgan fingerprint density at radius 3 is 2.28 bits per heavy atom. The lowest BCUT2D eigenvalue weighted by molar-refractivity contribution is -0.138. The minimum Gasteiger partial charge on any atom is -0.480 e. The molecule has 0 aromatic heterocycles. The molecular formula is C10H16N4O4. The average molecular weight is 256 g/mol. The molecule has 8 nitrogen and oxygen atoms in total. The maximum absolute atomic E-state index is 11.9. The van der Waals surface area contributed by atoms with Gasteiger partial charge < -0.3 is 20.6 Å². The summed E-state index contributed by atoms with van der Waals surface area (Å²) < 4.78 is 0. The topological polar surface area (TPSA) is 128 Å². The van der Waals surface area contributed by atoms with E-state index in [-0.39, 0.29) is 13.0 Å². The van der Waals surface area contributed by atoms with Gasteiger partial charge in [0, 0.05) is 13.1 Å². The number of nitrogens with zero attached hydrogens (tertiary/aromatic N) is 3. The molecule has 0 spiro atoms. The number of hydrogen-bond donors (Lipinski definition) is 2. The minimum absolute atomic E-state index is 0.136. The minimum atomic E-state index is -1.24. The van der Waals surface area contributed by atoms with E-state index in [0.717, 1.165) is 4.90 Å². The van der Waals surface area contributed by atoms with E-state index in [1.165, 1.54) is 4.90 Å². The first-order chi connectivity index (χ1) is 8.42. The van der Waals surface area contributed by atoms with Crippen LogP contribution in [0, 0.1) is 11.3 Å². The van der Waals surface area contributed by atoms with Crippen molar-refractivity contribution in [3.05, 3.63) is 0 Å². The number of nitrogens with two attached hydrogens (primary N) is 1. The van der Waals surface area contributed by atoms with Crippen molar-refractivity contribution in [1.82, 2.24) is 9.80 Å². The highest BCUT2D eigenvalue weighted by Crippen LogP contribution is 2.00. The van der Waals surface area contributed by atoms with Crippen LogP contribution in [0.2, 0.25) is 0 Å². The van der Waals surface area contributed by atoms with Crippen molar-refractivity contribution < 1.29 is 19.5 Å². The van der Waals surface area contributed by atoms with Crippen LogP contribution in [0.4, 0.5) is 4.79 Å². The fourth-order valence-electron chi connectivity index (χ4n) is 1.32. The van der Waals surface area contributed by atoms with E-state index in [0.29, 0.717) is 6.54 Å². The number of rotatable bonds is 7. The lowest BCUT2D eigenvalue weighted by atomic mass is 10.4. The third kappa shape index (κ3) is 5.69. The van der Waals surface area contributed by atoms with Gasteiger partial charge in [-0.1, -0.05) is 0 Å². The second-order valence-electron chi connectivity index (χ2n) is 3.49. The molecule has 0 saturated carbocycles. The van der Waals surface area contributed by atoms with Crippen molar-refractivity contribution in [1.29, 1.82) is 5.26 Å². The Bertz CT molecular complexity index is 347. The number of nitriles is 1. The highest BCUT2D eigenvalue weighted by molar-refractivity contribution is 5.85. The summed E-state index contributed by atoms with van der Waals surface area (Å²) in [6, 6.07) is 1.27. The quantitative estimate of drug-likeness (QED) is 0.617. The first kappa shape index (κ1) is 15.7. The second-order valence-corrected chi connectivity index (χ2v) is 3.49. The molecule has 0 aromatic carbocycles. The van der Waals surface area contributed by atoms with Gasteiger partial charge >= 0.3 is 12.0 Å². The second kappa shape index (κ2) is 7.89. The summed E-state index contributed by atoms with van der Waals surface area (Å²) in [5.74, 6) is -2.03. The molecule has 0 aliphatic carbocycles. The van der Waals surface area contributed by atoms with Crippen molar-refractivity contribution in [2.24, 2.45) is 5.73 Å². The van der Waals surface area contributed by atoms with Crippen LogP contribution in [0.5, 0.6) is 0 Å². The van der Waals surface area contributed by atoms with Crippen molar-refractivity contribution in [2.75, 3.05) is 26.2 Å². The third-order valence-corrected chi connectivity index (χ3v) is 2.09. The highest BCUT2D eigenvalue weighted by Gasteiger charge is 2.23. The van der Waals surface area contributed by atoms with Crippen LogP contribution in [0.1, 0.15) is 13.3 Å². The number of aliphatic carboxylic acids is 1. The standard InChI is InChI=1S/C10H16N4O4/c1-2-13(5-3-4-11)10(18)14(6-8(12)15)7-9(16)17/h2-3,5-7H2,1H3,(H2,12,15)(H,16,17). The molecule has 0 aliphatic heterocycles. The predicted molar refractivity (Wildman–Crippen MR) is 61.3 cm³/mol. The number of primary amides is 1. The van der Waals surface area contributed by atoms with E-state index < -0.39 is 31.0 Å². The first-order valence-corrected chi connectivity index (χ1v) is 5.33. The molecule has 0 rings (SSSR count). The summed E-state index contributed by atoms with van der Waals surface area (Å²) >= 11 is 0. The van der Waals surface area contributed by atoms with Gasteiger partial charge in [-0.3, -0.25) is 9.59 Å². The molecule has 0 unspecified atom stereocenters. The van der Waals surface area contributed by atoms with Gasteiger partial charge in [0.25, 0.3) is 0 Å². The number of amides is 3. The molecule has 8 heteroatoms. The van der Waals surface area contributed by atoms with E-state index in [2.05, 4.69) is 0 Å². The average Bonchev–Trinajstić information content (AvgIpc) is 2.27. The van der Waals surface area contributed by atoms with Crippen LogP contribution >= 0.6 is 0 Å². The van der Waals surface area contributed by atoms with Gasteiger partial charge in [-0.15, -0.1) is 0 Å². The maximum atomic E-state index is 11.9. The van der Waals surface area contributed by atoms with Crippen molar-refractivity contribution >= 4 is 17.9 Å². The Morgan fingerprint density at radius 2 is 1.89 bits per heavy atom. The number of carboxylic acid groups (broad SMARTS) is 1. The SMILES string of the molecule is CCN(CCC#N)C(=O)N(CC(N)=O)CC(=O)O. The maximum Gasteiger partial charge on any atom is 0.323 e. The summed E-state index contributed by atoms with van der Waals surface area (Å²) in [6.07, 6.45) is 0.136. The zero-order valence-corrected chi connectivity index (χ0v) is 10.1. The molecule has 0 atom stereocenters. The molecular weight excluding hydrogens is 240 g/mol. The zero-order valence-electron chi connectivity index (χ0n) is 10.1. The first-order valence-electron chi connectivity index (χ1n) is 5.33. The number of carbonyl (C=O) groups excluding carboxylic acids is 2.